The molecule has 138 valence electrons. The number of nitrogens with one attached hydrogen (secondary N) is 2. The van der Waals surface area contributed by atoms with Crippen molar-refractivity contribution in [3.05, 3.63) is 59.2 Å². The van der Waals surface area contributed by atoms with Crippen molar-refractivity contribution in [2.75, 3.05) is 6.54 Å². The zero-order chi connectivity index (χ0) is 18.7. The Morgan fingerprint density at radius 1 is 1.19 bits per heavy atom. The third kappa shape index (κ3) is 4.43. The molecule has 0 aromatic heterocycles. The Hall–Kier alpha value is -2.34. The Bertz CT molecular complexity index is 796. The smallest absolute Gasteiger partial charge is 0.351 e. The van der Waals surface area contributed by atoms with E-state index in [9.17, 15) is 18.0 Å². The van der Waals surface area contributed by atoms with Crippen LogP contribution < -0.4 is 10.6 Å². The van der Waals surface area contributed by atoms with Gasteiger partial charge in [0.2, 0.25) is 5.91 Å². The summed E-state index contributed by atoms with van der Waals surface area (Å²) in [5, 5.41) is 6.02. The average molecular weight is 362 g/mol. The lowest BCUT2D eigenvalue weighted by Crippen LogP contribution is -2.39. The lowest BCUT2D eigenvalue weighted by Gasteiger charge is -2.13. The Morgan fingerprint density at radius 3 is 2.69 bits per heavy atom. The fourth-order valence-electron chi connectivity index (χ4n) is 3.19. The molecule has 1 amide bonds. The van der Waals surface area contributed by atoms with Crippen molar-refractivity contribution in [2.24, 2.45) is 0 Å². The third-order valence-corrected chi connectivity index (χ3v) is 4.51. The molecule has 1 aliphatic heterocycles. The van der Waals surface area contributed by atoms with E-state index in [0.29, 0.717) is 23.2 Å². The van der Waals surface area contributed by atoms with Gasteiger partial charge in [0.05, 0.1) is 11.6 Å². The first-order valence-electron chi connectivity index (χ1n) is 8.62. The van der Waals surface area contributed by atoms with Crippen LogP contribution in [0.15, 0.2) is 42.5 Å². The van der Waals surface area contributed by atoms with Gasteiger partial charge in [-0.1, -0.05) is 24.3 Å². The quantitative estimate of drug-likeness (QED) is 0.862. The zero-order valence-corrected chi connectivity index (χ0v) is 14.5. The monoisotopic (exact) mass is 362 g/mol. The molecular formula is C20H21F3N2O. The lowest BCUT2D eigenvalue weighted by atomic mass is 9.98. The van der Waals surface area contributed by atoms with Gasteiger partial charge in [-0.2, -0.15) is 13.2 Å². The van der Waals surface area contributed by atoms with Gasteiger partial charge in [0.1, 0.15) is 0 Å². The van der Waals surface area contributed by atoms with Gasteiger partial charge >= 0.3 is 6.18 Å². The molecule has 1 fully saturated rings. The summed E-state index contributed by atoms with van der Waals surface area (Å²) in [6, 6.07) is 11.1. The van der Waals surface area contributed by atoms with E-state index in [-0.39, 0.29) is 11.9 Å². The van der Waals surface area contributed by atoms with Crippen LogP contribution in [0.1, 0.15) is 29.5 Å². The average Bonchev–Trinajstić information content (AvgIpc) is 3.13. The minimum Gasteiger partial charge on any atom is -0.351 e. The highest BCUT2D eigenvalue weighted by Gasteiger charge is 2.31. The minimum atomic E-state index is -4.37. The Kier molecular flexibility index (Phi) is 5.32. The molecule has 0 radical (unpaired) electrons. The van der Waals surface area contributed by atoms with Gasteiger partial charge in [0, 0.05) is 6.54 Å². The standard InChI is InChI=1S/C20H21F3N2O/c1-13-8-16(11-17(9-13)20(21,22)23)15-5-2-4-14(10-15)12-25-19(26)18-6-3-7-24-18/h2,4-5,8-11,18,24H,3,6-7,12H2,1H3,(H,25,26)/t18-/m0/s1. The summed E-state index contributed by atoms with van der Waals surface area (Å²) < 4.78 is 39.1. The van der Waals surface area contributed by atoms with Crippen molar-refractivity contribution in [2.45, 2.75) is 38.5 Å². The van der Waals surface area contributed by atoms with Crippen LogP contribution in [0.2, 0.25) is 0 Å². The summed E-state index contributed by atoms with van der Waals surface area (Å²) >= 11 is 0. The van der Waals surface area contributed by atoms with Crippen molar-refractivity contribution in [3.8, 4) is 11.1 Å². The van der Waals surface area contributed by atoms with Crippen LogP contribution in [-0.4, -0.2) is 18.5 Å². The molecule has 2 aromatic carbocycles. The number of carbonyl (C=O) groups is 1. The minimum absolute atomic E-state index is 0.0391. The predicted octanol–water partition coefficient (Wildman–Crippen LogP) is 4.05. The van der Waals surface area contributed by atoms with Crippen LogP contribution in [0.5, 0.6) is 0 Å². The second kappa shape index (κ2) is 7.50. The van der Waals surface area contributed by atoms with Crippen molar-refractivity contribution in [3.63, 3.8) is 0 Å². The summed E-state index contributed by atoms with van der Waals surface area (Å²) in [7, 11) is 0. The maximum absolute atomic E-state index is 13.0. The van der Waals surface area contributed by atoms with Crippen LogP contribution >= 0.6 is 0 Å². The number of carbonyl (C=O) groups excluding carboxylic acids is 1. The van der Waals surface area contributed by atoms with E-state index >= 15 is 0 Å². The fraction of sp³-hybridized carbons (Fsp3) is 0.350. The molecule has 26 heavy (non-hydrogen) atoms. The van der Waals surface area contributed by atoms with Gasteiger partial charge in [-0.05, 0) is 66.8 Å². The fourth-order valence-corrected chi connectivity index (χ4v) is 3.19. The molecule has 0 aliphatic carbocycles. The molecule has 3 nitrogen and oxygen atoms in total. The molecule has 1 atom stereocenters. The van der Waals surface area contributed by atoms with Crippen LogP contribution in [0.25, 0.3) is 11.1 Å². The molecule has 1 saturated heterocycles. The summed E-state index contributed by atoms with van der Waals surface area (Å²) in [5.74, 6) is -0.0391. The molecule has 0 saturated carbocycles. The first kappa shape index (κ1) is 18.5. The predicted molar refractivity (Wildman–Crippen MR) is 94.5 cm³/mol. The van der Waals surface area contributed by atoms with Crippen LogP contribution in [0.4, 0.5) is 13.2 Å². The van der Waals surface area contributed by atoms with E-state index in [1.165, 1.54) is 0 Å². The van der Waals surface area contributed by atoms with Gasteiger partial charge in [-0.25, -0.2) is 0 Å². The first-order valence-corrected chi connectivity index (χ1v) is 8.62. The van der Waals surface area contributed by atoms with Gasteiger partial charge < -0.3 is 10.6 Å². The van der Waals surface area contributed by atoms with Gasteiger partial charge in [0.25, 0.3) is 0 Å². The maximum atomic E-state index is 13.0. The molecule has 6 heteroatoms. The number of amides is 1. The molecule has 2 N–H and O–H groups in total. The second-order valence-electron chi connectivity index (χ2n) is 6.65. The second-order valence-corrected chi connectivity index (χ2v) is 6.65. The highest BCUT2D eigenvalue weighted by Crippen LogP contribution is 2.33. The van der Waals surface area contributed by atoms with Gasteiger partial charge in [-0.3, -0.25) is 4.79 Å². The number of aryl methyl sites for hydroxylation is 1. The summed E-state index contributed by atoms with van der Waals surface area (Å²) in [4.78, 5) is 12.1. The third-order valence-electron chi connectivity index (χ3n) is 4.51. The summed E-state index contributed by atoms with van der Waals surface area (Å²) in [6.45, 7) is 2.85. The van der Waals surface area contributed by atoms with Crippen LogP contribution in [0.3, 0.4) is 0 Å². The lowest BCUT2D eigenvalue weighted by molar-refractivity contribution is -0.137. The van der Waals surface area contributed by atoms with E-state index in [4.69, 9.17) is 0 Å². The topological polar surface area (TPSA) is 41.1 Å². The molecule has 0 spiro atoms. The molecule has 2 aromatic rings. The van der Waals surface area contributed by atoms with Crippen LogP contribution in [0, 0.1) is 6.92 Å². The first-order chi connectivity index (χ1) is 12.3. The molecule has 1 aliphatic rings. The van der Waals surface area contributed by atoms with Crippen molar-refractivity contribution < 1.29 is 18.0 Å². The van der Waals surface area contributed by atoms with Gasteiger partial charge in [-0.15, -0.1) is 0 Å². The van der Waals surface area contributed by atoms with Crippen molar-refractivity contribution in [1.82, 2.24) is 10.6 Å². The number of rotatable bonds is 4. The largest absolute Gasteiger partial charge is 0.416 e. The maximum Gasteiger partial charge on any atom is 0.416 e. The number of hydrogen-bond donors (Lipinski definition) is 2. The normalized spacial score (nSPS) is 17.3. The molecule has 1 heterocycles. The van der Waals surface area contributed by atoms with E-state index in [1.807, 2.05) is 12.1 Å². The van der Waals surface area contributed by atoms with E-state index in [2.05, 4.69) is 10.6 Å². The summed E-state index contributed by atoms with van der Waals surface area (Å²) in [6.07, 6.45) is -2.56. The van der Waals surface area contributed by atoms with Crippen molar-refractivity contribution in [1.29, 1.82) is 0 Å². The Morgan fingerprint density at radius 2 is 2.00 bits per heavy atom. The van der Waals surface area contributed by atoms with Crippen LogP contribution in [-0.2, 0) is 17.5 Å². The van der Waals surface area contributed by atoms with E-state index in [0.717, 1.165) is 37.1 Å². The zero-order valence-electron chi connectivity index (χ0n) is 14.5. The number of halogens is 3. The van der Waals surface area contributed by atoms with Gasteiger partial charge in [0.15, 0.2) is 0 Å². The SMILES string of the molecule is Cc1cc(-c2cccc(CNC(=O)[C@@H]3CCCN3)c2)cc(C(F)(F)F)c1. The Labute approximate surface area is 150 Å². The number of hydrogen-bond acceptors (Lipinski definition) is 2. The van der Waals surface area contributed by atoms with E-state index < -0.39 is 11.7 Å². The highest BCUT2D eigenvalue weighted by molar-refractivity contribution is 5.82. The molecule has 0 unspecified atom stereocenters. The number of benzene rings is 2. The molecule has 0 bridgehead atoms. The molecule has 3 rings (SSSR count). The summed E-state index contributed by atoms with van der Waals surface area (Å²) in [5.41, 5.74) is 1.97. The molecular weight excluding hydrogens is 341 g/mol. The van der Waals surface area contributed by atoms with Crippen molar-refractivity contribution >= 4 is 5.91 Å². The van der Waals surface area contributed by atoms with E-state index in [1.54, 1.807) is 25.1 Å². The number of alkyl halides is 3. The Balaban J connectivity index is 1.77. The highest BCUT2D eigenvalue weighted by atomic mass is 19.4.